The van der Waals surface area contributed by atoms with Gasteiger partial charge in [-0.2, -0.15) is 18.3 Å². The second-order valence-electron chi connectivity index (χ2n) is 6.52. The van der Waals surface area contributed by atoms with Crippen molar-refractivity contribution in [3.63, 3.8) is 0 Å². The lowest BCUT2D eigenvalue weighted by molar-refractivity contribution is -0.143. The van der Waals surface area contributed by atoms with E-state index in [1.807, 2.05) is 12.1 Å². The lowest BCUT2D eigenvalue weighted by Crippen LogP contribution is -2.29. The molecule has 1 aliphatic rings. The smallest absolute Gasteiger partial charge is 0.321 e. The quantitative estimate of drug-likeness (QED) is 0.898. The molecule has 1 amide bonds. The van der Waals surface area contributed by atoms with Gasteiger partial charge in [-0.1, -0.05) is 18.6 Å². The Morgan fingerprint density at radius 2 is 1.81 bits per heavy atom. The van der Waals surface area contributed by atoms with Crippen LogP contribution in [0.2, 0.25) is 0 Å². The van der Waals surface area contributed by atoms with Crippen molar-refractivity contribution in [2.75, 3.05) is 18.4 Å². The first-order valence-electron chi connectivity index (χ1n) is 8.57. The van der Waals surface area contributed by atoms with E-state index in [0.29, 0.717) is 10.4 Å². The maximum absolute atomic E-state index is 12.8. The fourth-order valence-electron chi connectivity index (χ4n) is 3.11. The van der Waals surface area contributed by atoms with Crippen LogP contribution < -0.4 is 5.32 Å². The molecule has 1 fully saturated rings. The van der Waals surface area contributed by atoms with E-state index in [0.717, 1.165) is 38.3 Å². The molecule has 26 heavy (non-hydrogen) atoms. The monoisotopic (exact) mass is 366 g/mol. The van der Waals surface area contributed by atoms with Gasteiger partial charge in [-0.15, -0.1) is 0 Å². The molecule has 3 rings (SSSR count). The van der Waals surface area contributed by atoms with Crippen LogP contribution in [0.4, 0.5) is 18.9 Å². The molecule has 8 heteroatoms. The van der Waals surface area contributed by atoms with Crippen molar-refractivity contribution in [1.29, 1.82) is 0 Å². The van der Waals surface area contributed by atoms with Gasteiger partial charge < -0.3 is 5.32 Å². The summed E-state index contributed by atoms with van der Waals surface area (Å²) >= 11 is 0. The van der Waals surface area contributed by atoms with Crippen LogP contribution in [0.15, 0.2) is 30.3 Å². The molecule has 1 aromatic heterocycles. The maximum atomic E-state index is 12.8. The topological polar surface area (TPSA) is 50.2 Å². The number of piperidine rings is 1. The molecule has 1 N–H and O–H groups in total. The van der Waals surface area contributed by atoms with Gasteiger partial charge in [-0.05, 0) is 43.6 Å². The van der Waals surface area contributed by atoms with Gasteiger partial charge in [-0.25, -0.2) is 0 Å². The fraction of sp³-hybridized carbons (Fsp3) is 0.444. The number of carbonyl (C=O) groups excluding carboxylic acids is 1. The van der Waals surface area contributed by atoms with Gasteiger partial charge in [0.25, 0.3) is 5.91 Å². The van der Waals surface area contributed by atoms with Crippen LogP contribution in [0.5, 0.6) is 0 Å². The molecule has 0 saturated carbocycles. The van der Waals surface area contributed by atoms with Crippen LogP contribution in [-0.2, 0) is 19.8 Å². The molecule has 1 aromatic carbocycles. The third-order valence-electron chi connectivity index (χ3n) is 4.47. The van der Waals surface area contributed by atoms with Crippen molar-refractivity contribution >= 4 is 11.6 Å². The van der Waals surface area contributed by atoms with E-state index < -0.39 is 17.8 Å². The minimum Gasteiger partial charge on any atom is -0.321 e. The van der Waals surface area contributed by atoms with Gasteiger partial charge >= 0.3 is 6.18 Å². The average Bonchev–Trinajstić information content (AvgIpc) is 3.00. The molecule has 1 saturated heterocycles. The lowest BCUT2D eigenvalue weighted by atomic mass is 10.1. The largest absolute Gasteiger partial charge is 0.433 e. The Bertz CT molecular complexity index is 762. The second-order valence-corrected chi connectivity index (χ2v) is 6.52. The predicted octanol–water partition coefficient (Wildman–Crippen LogP) is 3.68. The summed E-state index contributed by atoms with van der Waals surface area (Å²) in [5.74, 6) is -0.667. The SMILES string of the molecule is Cn1nc(C(=O)Nc2ccc(CN3CCCCC3)cc2)cc1C(F)(F)F. The van der Waals surface area contributed by atoms with E-state index in [4.69, 9.17) is 0 Å². The first-order valence-corrected chi connectivity index (χ1v) is 8.57. The first-order chi connectivity index (χ1) is 12.3. The summed E-state index contributed by atoms with van der Waals surface area (Å²) in [6.45, 7) is 3.06. The predicted molar refractivity (Wildman–Crippen MR) is 91.7 cm³/mol. The standard InChI is InChI=1S/C18H21F3N4O/c1-24-16(18(19,20)21)11-15(23-24)17(26)22-14-7-5-13(6-8-14)12-25-9-3-2-4-10-25/h5-8,11H,2-4,9-10,12H2,1H3,(H,22,26). The van der Waals surface area contributed by atoms with Crippen LogP contribution in [0.25, 0.3) is 0 Å². The summed E-state index contributed by atoms with van der Waals surface area (Å²) < 4.78 is 39.0. The number of likely N-dealkylation sites (tertiary alicyclic amines) is 1. The van der Waals surface area contributed by atoms with E-state index in [-0.39, 0.29) is 5.69 Å². The Morgan fingerprint density at radius 1 is 1.15 bits per heavy atom. The van der Waals surface area contributed by atoms with Crippen LogP contribution in [-0.4, -0.2) is 33.7 Å². The van der Waals surface area contributed by atoms with Crippen molar-refractivity contribution in [2.45, 2.75) is 32.0 Å². The summed E-state index contributed by atoms with van der Waals surface area (Å²) in [7, 11) is 1.16. The van der Waals surface area contributed by atoms with Crippen LogP contribution in [0, 0.1) is 0 Å². The number of amides is 1. The average molecular weight is 366 g/mol. The number of aromatic nitrogens is 2. The van der Waals surface area contributed by atoms with Gasteiger partial charge in [-0.3, -0.25) is 14.4 Å². The van der Waals surface area contributed by atoms with Crippen molar-refractivity contribution in [3.05, 3.63) is 47.3 Å². The molecular weight excluding hydrogens is 345 g/mol. The van der Waals surface area contributed by atoms with E-state index in [1.165, 1.54) is 19.3 Å². The zero-order chi connectivity index (χ0) is 18.7. The number of halogens is 3. The molecular formula is C18H21F3N4O. The molecule has 0 spiro atoms. The van der Waals surface area contributed by atoms with Crippen molar-refractivity contribution < 1.29 is 18.0 Å². The maximum Gasteiger partial charge on any atom is 0.433 e. The summed E-state index contributed by atoms with van der Waals surface area (Å²) in [6, 6.07) is 8.10. The summed E-state index contributed by atoms with van der Waals surface area (Å²) in [4.78, 5) is 14.5. The molecule has 2 aromatic rings. The number of anilines is 1. The number of benzene rings is 1. The molecule has 140 valence electrons. The number of alkyl halides is 3. The number of nitrogens with zero attached hydrogens (tertiary/aromatic N) is 3. The number of nitrogens with one attached hydrogen (secondary N) is 1. The molecule has 2 heterocycles. The molecule has 0 unspecified atom stereocenters. The minimum absolute atomic E-state index is 0.266. The van der Waals surface area contributed by atoms with Gasteiger partial charge in [0.05, 0.1) is 0 Å². The van der Waals surface area contributed by atoms with Crippen molar-refractivity contribution in [3.8, 4) is 0 Å². The molecule has 5 nitrogen and oxygen atoms in total. The van der Waals surface area contributed by atoms with E-state index in [1.54, 1.807) is 12.1 Å². The Hall–Kier alpha value is -2.35. The third kappa shape index (κ3) is 4.43. The zero-order valence-electron chi connectivity index (χ0n) is 14.5. The molecule has 1 aliphatic heterocycles. The Balaban J connectivity index is 1.62. The van der Waals surface area contributed by atoms with Crippen LogP contribution in [0.3, 0.4) is 0 Å². The number of aryl methyl sites for hydroxylation is 1. The second kappa shape index (κ2) is 7.49. The first kappa shape index (κ1) is 18.4. The Morgan fingerprint density at radius 3 is 2.38 bits per heavy atom. The lowest BCUT2D eigenvalue weighted by Gasteiger charge is -2.26. The zero-order valence-corrected chi connectivity index (χ0v) is 14.5. The Kier molecular flexibility index (Phi) is 5.31. The van der Waals surface area contributed by atoms with E-state index in [2.05, 4.69) is 15.3 Å². The molecule has 0 radical (unpaired) electrons. The van der Waals surface area contributed by atoms with Crippen LogP contribution >= 0.6 is 0 Å². The van der Waals surface area contributed by atoms with E-state index >= 15 is 0 Å². The van der Waals surface area contributed by atoms with Crippen molar-refractivity contribution in [1.82, 2.24) is 14.7 Å². The number of hydrogen-bond donors (Lipinski definition) is 1. The normalized spacial score (nSPS) is 15.8. The summed E-state index contributed by atoms with van der Waals surface area (Å²) in [5, 5.41) is 6.23. The van der Waals surface area contributed by atoms with Gasteiger partial charge in [0.1, 0.15) is 5.69 Å². The van der Waals surface area contributed by atoms with Crippen LogP contribution in [0.1, 0.15) is 41.0 Å². The highest BCUT2D eigenvalue weighted by molar-refractivity contribution is 6.02. The van der Waals surface area contributed by atoms with Gasteiger partial charge in [0.2, 0.25) is 0 Å². The van der Waals surface area contributed by atoms with Crippen molar-refractivity contribution in [2.24, 2.45) is 7.05 Å². The number of rotatable bonds is 4. The highest BCUT2D eigenvalue weighted by Crippen LogP contribution is 2.29. The molecule has 0 atom stereocenters. The highest BCUT2D eigenvalue weighted by Gasteiger charge is 2.35. The fourth-order valence-corrected chi connectivity index (χ4v) is 3.11. The summed E-state index contributed by atoms with van der Waals surface area (Å²) in [6.07, 6.45) is -0.822. The van der Waals surface area contributed by atoms with Gasteiger partial charge in [0.15, 0.2) is 5.69 Å². The Labute approximate surface area is 149 Å². The number of carbonyl (C=O) groups is 1. The molecule has 0 bridgehead atoms. The highest BCUT2D eigenvalue weighted by atomic mass is 19.4. The summed E-state index contributed by atoms with van der Waals surface area (Å²) in [5.41, 5.74) is 0.440. The van der Waals surface area contributed by atoms with Gasteiger partial charge in [0, 0.05) is 25.3 Å². The minimum atomic E-state index is -4.55. The molecule has 0 aliphatic carbocycles. The number of hydrogen-bond acceptors (Lipinski definition) is 3. The van der Waals surface area contributed by atoms with E-state index in [9.17, 15) is 18.0 Å². The third-order valence-corrected chi connectivity index (χ3v) is 4.47.